The minimum atomic E-state index is -0.0723. The van der Waals surface area contributed by atoms with Crippen LogP contribution in [0.4, 0.5) is 5.69 Å². The lowest BCUT2D eigenvalue weighted by atomic mass is 10.1. The van der Waals surface area contributed by atoms with Crippen molar-refractivity contribution < 1.29 is 23.8 Å². The first-order valence-electron chi connectivity index (χ1n) is 12.6. The number of aryl methyl sites for hydroxylation is 1. The summed E-state index contributed by atoms with van der Waals surface area (Å²) >= 11 is 0. The fraction of sp³-hybridized carbons (Fsp3) is 0.310. The van der Waals surface area contributed by atoms with Crippen LogP contribution in [0.25, 0.3) is 0 Å². The highest BCUT2D eigenvalue weighted by Gasteiger charge is 2.26. The zero-order valence-corrected chi connectivity index (χ0v) is 20.8. The number of piperazine rings is 1. The van der Waals surface area contributed by atoms with Crippen LogP contribution in [0.3, 0.4) is 0 Å². The van der Waals surface area contributed by atoms with Gasteiger partial charge in [0.05, 0.1) is 12.2 Å². The van der Waals surface area contributed by atoms with Crippen LogP contribution in [0.15, 0.2) is 60.7 Å². The van der Waals surface area contributed by atoms with Crippen molar-refractivity contribution >= 4 is 17.5 Å². The third kappa shape index (κ3) is 4.84. The monoisotopic (exact) mass is 499 g/mol. The molecule has 3 aliphatic heterocycles. The molecule has 6 rings (SSSR count). The molecule has 2 amide bonds. The van der Waals surface area contributed by atoms with E-state index in [9.17, 15) is 9.59 Å². The van der Waals surface area contributed by atoms with Gasteiger partial charge in [-0.3, -0.25) is 14.5 Å². The number of ether oxygens (including phenoxy) is 3. The molecule has 3 aliphatic rings. The molecule has 0 aromatic heterocycles. The van der Waals surface area contributed by atoms with Crippen LogP contribution in [-0.2, 0) is 17.9 Å². The smallest absolute Gasteiger partial charge is 0.265 e. The number of benzene rings is 3. The average Bonchev–Trinajstić information content (AvgIpc) is 3.39. The number of rotatable bonds is 5. The molecule has 3 aromatic carbocycles. The van der Waals surface area contributed by atoms with E-state index in [0.29, 0.717) is 25.2 Å². The third-order valence-corrected chi connectivity index (χ3v) is 7.10. The van der Waals surface area contributed by atoms with E-state index in [0.717, 1.165) is 53.7 Å². The highest BCUT2D eigenvalue weighted by Crippen LogP contribution is 2.34. The van der Waals surface area contributed by atoms with E-state index < -0.39 is 0 Å². The van der Waals surface area contributed by atoms with E-state index in [2.05, 4.69) is 11.0 Å². The van der Waals surface area contributed by atoms with E-state index in [1.54, 1.807) is 4.90 Å². The molecule has 0 saturated carbocycles. The molecule has 0 radical (unpaired) electrons. The first kappa shape index (κ1) is 23.4. The molecule has 0 aliphatic carbocycles. The number of anilines is 1. The van der Waals surface area contributed by atoms with Gasteiger partial charge in [-0.2, -0.15) is 0 Å². The molecular formula is C29H29N3O5. The van der Waals surface area contributed by atoms with E-state index in [-0.39, 0.29) is 25.2 Å². The summed E-state index contributed by atoms with van der Waals surface area (Å²) in [6.07, 6.45) is 0. The Labute approximate surface area is 215 Å². The third-order valence-electron chi connectivity index (χ3n) is 7.10. The van der Waals surface area contributed by atoms with Crippen molar-refractivity contribution in [1.29, 1.82) is 0 Å². The first-order valence-corrected chi connectivity index (χ1v) is 12.6. The summed E-state index contributed by atoms with van der Waals surface area (Å²) in [5.74, 6) is 2.28. The summed E-state index contributed by atoms with van der Waals surface area (Å²) in [4.78, 5) is 31.7. The van der Waals surface area contributed by atoms with Crippen LogP contribution in [-0.4, -0.2) is 61.2 Å². The van der Waals surface area contributed by atoms with Crippen LogP contribution >= 0.6 is 0 Å². The van der Waals surface area contributed by atoms with Gasteiger partial charge in [0, 0.05) is 38.3 Å². The molecule has 0 N–H and O–H groups in total. The predicted molar refractivity (Wildman–Crippen MR) is 138 cm³/mol. The lowest BCUT2D eigenvalue weighted by Gasteiger charge is -2.35. The minimum absolute atomic E-state index is 0.0350. The molecular weight excluding hydrogens is 470 g/mol. The molecule has 0 spiro atoms. The van der Waals surface area contributed by atoms with Crippen LogP contribution in [0.5, 0.6) is 17.2 Å². The SMILES string of the molecule is Cc1ccc2c(c1)N(Cc1ccc(C(=O)N3CCN(Cc4ccc5c(c4)OCO5)CC3)cc1)C(=O)CO2. The van der Waals surface area contributed by atoms with Crippen molar-refractivity contribution in [3.8, 4) is 17.2 Å². The van der Waals surface area contributed by atoms with Crippen LogP contribution in [0.1, 0.15) is 27.0 Å². The molecule has 37 heavy (non-hydrogen) atoms. The fourth-order valence-electron chi connectivity index (χ4n) is 5.01. The zero-order valence-electron chi connectivity index (χ0n) is 20.8. The summed E-state index contributed by atoms with van der Waals surface area (Å²) in [5, 5.41) is 0. The lowest BCUT2D eigenvalue weighted by Crippen LogP contribution is -2.48. The Kier molecular flexibility index (Phi) is 6.18. The highest BCUT2D eigenvalue weighted by atomic mass is 16.7. The molecule has 0 bridgehead atoms. The van der Waals surface area contributed by atoms with Crippen molar-refractivity contribution in [1.82, 2.24) is 9.80 Å². The summed E-state index contributed by atoms with van der Waals surface area (Å²) in [6.45, 7) is 6.56. The van der Waals surface area contributed by atoms with Gasteiger partial charge in [0.25, 0.3) is 11.8 Å². The van der Waals surface area contributed by atoms with Gasteiger partial charge >= 0.3 is 0 Å². The maximum absolute atomic E-state index is 13.1. The van der Waals surface area contributed by atoms with Gasteiger partial charge in [0.2, 0.25) is 6.79 Å². The first-order chi connectivity index (χ1) is 18.0. The number of carbonyl (C=O) groups is 2. The summed E-state index contributed by atoms with van der Waals surface area (Å²) in [6, 6.07) is 19.5. The lowest BCUT2D eigenvalue weighted by molar-refractivity contribution is -0.121. The van der Waals surface area contributed by atoms with Crippen molar-refractivity contribution in [2.75, 3.05) is 44.5 Å². The second-order valence-electron chi connectivity index (χ2n) is 9.69. The van der Waals surface area contributed by atoms with Gasteiger partial charge in [-0.15, -0.1) is 0 Å². The topological polar surface area (TPSA) is 71.6 Å². The second-order valence-corrected chi connectivity index (χ2v) is 9.69. The van der Waals surface area contributed by atoms with Crippen molar-refractivity contribution in [2.24, 2.45) is 0 Å². The van der Waals surface area contributed by atoms with E-state index >= 15 is 0 Å². The molecule has 190 valence electrons. The van der Waals surface area contributed by atoms with E-state index in [1.165, 1.54) is 5.56 Å². The number of hydrogen-bond acceptors (Lipinski definition) is 6. The Hall–Kier alpha value is -4.04. The van der Waals surface area contributed by atoms with Crippen molar-refractivity contribution in [3.05, 3.63) is 82.9 Å². The Bertz CT molecular complexity index is 1330. The molecule has 3 aromatic rings. The normalized spacial score (nSPS) is 16.9. The van der Waals surface area contributed by atoms with Crippen molar-refractivity contribution in [3.63, 3.8) is 0 Å². The van der Waals surface area contributed by atoms with E-state index in [4.69, 9.17) is 14.2 Å². The van der Waals surface area contributed by atoms with Gasteiger partial charge in [0.1, 0.15) is 5.75 Å². The largest absolute Gasteiger partial charge is 0.482 e. The molecule has 8 heteroatoms. The average molecular weight is 500 g/mol. The van der Waals surface area contributed by atoms with Crippen LogP contribution in [0.2, 0.25) is 0 Å². The van der Waals surface area contributed by atoms with Crippen LogP contribution < -0.4 is 19.1 Å². The maximum atomic E-state index is 13.1. The summed E-state index contributed by atoms with van der Waals surface area (Å²) in [7, 11) is 0. The Morgan fingerprint density at radius 1 is 0.784 bits per heavy atom. The predicted octanol–water partition coefficient (Wildman–Crippen LogP) is 3.61. The number of amides is 2. The summed E-state index contributed by atoms with van der Waals surface area (Å²) in [5.41, 5.74) is 4.66. The molecule has 3 heterocycles. The molecule has 0 unspecified atom stereocenters. The zero-order chi connectivity index (χ0) is 25.4. The number of fused-ring (bicyclic) bond motifs is 2. The Morgan fingerprint density at radius 3 is 2.32 bits per heavy atom. The van der Waals surface area contributed by atoms with Gasteiger partial charge < -0.3 is 24.0 Å². The van der Waals surface area contributed by atoms with Crippen molar-refractivity contribution in [2.45, 2.75) is 20.0 Å². The van der Waals surface area contributed by atoms with Gasteiger partial charge in [-0.1, -0.05) is 24.3 Å². The standard InChI is InChI=1S/C29H29N3O5/c1-20-2-8-25-24(14-20)32(28(33)18-35-25)17-21-3-6-23(7-4-21)29(34)31-12-10-30(11-13-31)16-22-5-9-26-27(15-22)37-19-36-26/h2-9,14-15H,10-13,16-19H2,1H3. The Morgan fingerprint density at radius 2 is 1.51 bits per heavy atom. The summed E-state index contributed by atoms with van der Waals surface area (Å²) < 4.78 is 16.5. The van der Waals surface area contributed by atoms with Gasteiger partial charge in [-0.05, 0) is 60.0 Å². The second kappa shape index (κ2) is 9.78. The highest BCUT2D eigenvalue weighted by molar-refractivity contribution is 5.98. The fourth-order valence-corrected chi connectivity index (χ4v) is 5.01. The molecule has 8 nitrogen and oxygen atoms in total. The number of hydrogen-bond donors (Lipinski definition) is 0. The van der Waals surface area contributed by atoms with Gasteiger partial charge in [-0.25, -0.2) is 0 Å². The number of carbonyl (C=O) groups excluding carboxylic acids is 2. The quantitative estimate of drug-likeness (QED) is 0.534. The maximum Gasteiger partial charge on any atom is 0.265 e. The number of nitrogens with zero attached hydrogens (tertiary/aromatic N) is 3. The van der Waals surface area contributed by atoms with Crippen LogP contribution in [0, 0.1) is 6.92 Å². The molecule has 0 atom stereocenters. The van der Waals surface area contributed by atoms with E-state index in [1.807, 2.05) is 66.4 Å². The molecule has 1 saturated heterocycles. The van der Waals surface area contributed by atoms with Gasteiger partial charge in [0.15, 0.2) is 18.1 Å². The Balaban J connectivity index is 1.05. The minimum Gasteiger partial charge on any atom is -0.482 e. The molecule has 1 fully saturated rings.